The average Bonchev–Trinajstić information content (AvgIpc) is 2.75. The fraction of sp³-hybridized carbons (Fsp3) is 0.250. The van der Waals surface area contributed by atoms with E-state index in [1.807, 2.05) is 0 Å². The normalized spacial score (nSPS) is 12.8. The molecular weight excluding hydrogens is 236 g/mol. The Hall–Kier alpha value is -2.05. The van der Waals surface area contributed by atoms with E-state index >= 15 is 0 Å². The van der Waals surface area contributed by atoms with Gasteiger partial charge in [0, 0.05) is 11.9 Å². The van der Waals surface area contributed by atoms with Gasteiger partial charge in [-0.25, -0.2) is 4.79 Å². The van der Waals surface area contributed by atoms with Crippen LogP contribution >= 0.6 is 0 Å². The van der Waals surface area contributed by atoms with Gasteiger partial charge in [-0.2, -0.15) is 0 Å². The van der Waals surface area contributed by atoms with E-state index < -0.39 is 12.1 Å². The van der Waals surface area contributed by atoms with Gasteiger partial charge in [0.25, 0.3) is 0 Å². The third kappa shape index (κ3) is 2.03. The first-order valence-electron chi connectivity index (χ1n) is 5.45. The summed E-state index contributed by atoms with van der Waals surface area (Å²) in [5.41, 5.74) is 0.866. The Balaban J connectivity index is 2.61. The lowest BCUT2D eigenvalue weighted by molar-refractivity contribution is 0.0691. The van der Waals surface area contributed by atoms with E-state index in [-0.39, 0.29) is 11.4 Å². The standard InChI is InChI=1S/C12H14N2O4/c1-13-5-10(16)6-2-3-9(15)11-7(6)4-8(14-11)12(17)18/h2-4,10,13-16H,5H2,1H3,(H,17,18). The molecule has 0 saturated carbocycles. The molecule has 1 aromatic carbocycles. The molecule has 5 N–H and O–H groups in total. The highest BCUT2D eigenvalue weighted by Gasteiger charge is 2.17. The van der Waals surface area contributed by atoms with Crippen LogP contribution in [-0.4, -0.2) is 39.9 Å². The number of H-pyrrole nitrogens is 1. The molecule has 0 aliphatic carbocycles. The Morgan fingerprint density at radius 1 is 1.50 bits per heavy atom. The van der Waals surface area contributed by atoms with Crippen molar-refractivity contribution in [2.45, 2.75) is 6.10 Å². The van der Waals surface area contributed by atoms with Crippen molar-refractivity contribution < 1.29 is 20.1 Å². The fourth-order valence-corrected chi connectivity index (χ4v) is 1.94. The number of carboxylic acid groups (broad SMARTS) is 1. The van der Waals surface area contributed by atoms with Gasteiger partial charge in [-0.15, -0.1) is 0 Å². The molecule has 1 atom stereocenters. The molecule has 0 fully saturated rings. The number of carboxylic acids is 1. The lowest BCUT2D eigenvalue weighted by Crippen LogP contribution is -2.16. The minimum atomic E-state index is -1.11. The smallest absolute Gasteiger partial charge is 0.352 e. The van der Waals surface area contributed by atoms with Crippen molar-refractivity contribution in [3.63, 3.8) is 0 Å². The Labute approximate surface area is 103 Å². The third-order valence-electron chi connectivity index (χ3n) is 2.79. The van der Waals surface area contributed by atoms with Gasteiger partial charge in [0.2, 0.25) is 0 Å². The Kier molecular flexibility index (Phi) is 3.22. The van der Waals surface area contributed by atoms with Crippen LogP contribution in [-0.2, 0) is 0 Å². The zero-order valence-electron chi connectivity index (χ0n) is 9.77. The van der Waals surface area contributed by atoms with Crippen molar-refractivity contribution in [2.24, 2.45) is 0 Å². The zero-order chi connectivity index (χ0) is 13.3. The number of aliphatic hydroxyl groups excluding tert-OH is 1. The number of likely N-dealkylation sites (N-methyl/N-ethyl adjacent to an activating group) is 1. The predicted octanol–water partition coefficient (Wildman–Crippen LogP) is 0.825. The molecule has 2 aromatic rings. The second-order valence-corrected chi connectivity index (χ2v) is 4.02. The molecule has 96 valence electrons. The van der Waals surface area contributed by atoms with Crippen molar-refractivity contribution in [3.8, 4) is 5.75 Å². The van der Waals surface area contributed by atoms with E-state index in [4.69, 9.17) is 5.11 Å². The van der Waals surface area contributed by atoms with Crippen molar-refractivity contribution in [3.05, 3.63) is 29.5 Å². The third-order valence-corrected chi connectivity index (χ3v) is 2.79. The Morgan fingerprint density at radius 3 is 2.83 bits per heavy atom. The fourth-order valence-electron chi connectivity index (χ4n) is 1.94. The number of fused-ring (bicyclic) bond motifs is 1. The highest BCUT2D eigenvalue weighted by atomic mass is 16.4. The van der Waals surface area contributed by atoms with Crippen LogP contribution in [0, 0.1) is 0 Å². The molecule has 0 bridgehead atoms. The molecule has 2 rings (SSSR count). The number of benzene rings is 1. The van der Waals surface area contributed by atoms with Crippen molar-refractivity contribution >= 4 is 16.9 Å². The minimum absolute atomic E-state index is 0.0237. The molecule has 0 radical (unpaired) electrons. The molecule has 1 heterocycles. The van der Waals surface area contributed by atoms with Gasteiger partial charge < -0.3 is 25.6 Å². The first kappa shape index (κ1) is 12.4. The maximum Gasteiger partial charge on any atom is 0.352 e. The van der Waals surface area contributed by atoms with Crippen LogP contribution in [0.2, 0.25) is 0 Å². The molecule has 0 amide bonds. The molecule has 18 heavy (non-hydrogen) atoms. The molecule has 1 aromatic heterocycles. The van der Waals surface area contributed by atoms with Crippen LogP contribution < -0.4 is 5.32 Å². The highest BCUT2D eigenvalue weighted by Crippen LogP contribution is 2.31. The number of phenolic OH excluding ortho intramolecular Hbond substituents is 1. The minimum Gasteiger partial charge on any atom is -0.506 e. The van der Waals surface area contributed by atoms with Gasteiger partial charge >= 0.3 is 5.97 Å². The lowest BCUT2D eigenvalue weighted by atomic mass is 10.0. The molecule has 6 nitrogen and oxygen atoms in total. The van der Waals surface area contributed by atoms with Gasteiger partial charge in [0.1, 0.15) is 11.4 Å². The number of aromatic nitrogens is 1. The summed E-state index contributed by atoms with van der Waals surface area (Å²) >= 11 is 0. The average molecular weight is 250 g/mol. The van der Waals surface area contributed by atoms with Crippen molar-refractivity contribution in [1.29, 1.82) is 0 Å². The molecule has 1 unspecified atom stereocenters. The van der Waals surface area contributed by atoms with Gasteiger partial charge in [-0.05, 0) is 24.7 Å². The van der Waals surface area contributed by atoms with E-state index in [9.17, 15) is 15.0 Å². The van der Waals surface area contributed by atoms with E-state index in [0.29, 0.717) is 23.0 Å². The number of aromatic carboxylic acids is 1. The van der Waals surface area contributed by atoms with Crippen molar-refractivity contribution in [1.82, 2.24) is 10.3 Å². The summed E-state index contributed by atoms with van der Waals surface area (Å²) in [5, 5.41) is 31.9. The van der Waals surface area contributed by atoms with Crippen molar-refractivity contribution in [2.75, 3.05) is 13.6 Å². The number of hydrogen-bond donors (Lipinski definition) is 5. The van der Waals surface area contributed by atoms with E-state index in [2.05, 4.69) is 10.3 Å². The van der Waals surface area contributed by atoms with Gasteiger partial charge in [0.15, 0.2) is 0 Å². The summed E-state index contributed by atoms with van der Waals surface area (Å²) < 4.78 is 0. The number of aromatic amines is 1. The molecule has 0 spiro atoms. The number of aliphatic hydroxyl groups is 1. The molecule has 0 aliphatic heterocycles. The largest absolute Gasteiger partial charge is 0.506 e. The summed E-state index contributed by atoms with van der Waals surface area (Å²) in [4.78, 5) is 13.5. The van der Waals surface area contributed by atoms with Crippen LogP contribution in [0.3, 0.4) is 0 Å². The van der Waals surface area contributed by atoms with Gasteiger partial charge in [-0.3, -0.25) is 0 Å². The lowest BCUT2D eigenvalue weighted by Gasteiger charge is -2.11. The monoisotopic (exact) mass is 250 g/mol. The topological polar surface area (TPSA) is 106 Å². The van der Waals surface area contributed by atoms with E-state index in [1.165, 1.54) is 12.1 Å². The second kappa shape index (κ2) is 4.67. The summed E-state index contributed by atoms with van der Waals surface area (Å²) in [6.45, 7) is 0.341. The summed E-state index contributed by atoms with van der Waals surface area (Å²) in [5.74, 6) is -1.16. The van der Waals surface area contributed by atoms with Crippen LogP contribution in [0.1, 0.15) is 22.2 Å². The predicted molar refractivity (Wildman–Crippen MR) is 65.8 cm³/mol. The number of aromatic hydroxyl groups is 1. The SMILES string of the molecule is CNCC(O)c1ccc(O)c2[nH]c(C(=O)O)cc12. The highest BCUT2D eigenvalue weighted by molar-refractivity contribution is 5.97. The molecule has 0 saturated heterocycles. The zero-order valence-corrected chi connectivity index (χ0v) is 9.77. The molecular formula is C12H14N2O4. The van der Waals surface area contributed by atoms with Crippen LogP contribution in [0.5, 0.6) is 5.75 Å². The first-order chi connectivity index (χ1) is 8.54. The first-order valence-corrected chi connectivity index (χ1v) is 5.45. The number of nitrogens with one attached hydrogen (secondary N) is 2. The molecule has 0 aliphatic rings. The van der Waals surface area contributed by atoms with Crippen LogP contribution in [0.25, 0.3) is 10.9 Å². The quantitative estimate of drug-likeness (QED) is 0.552. The molecule has 6 heteroatoms. The van der Waals surface area contributed by atoms with Crippen LogP contribution in [0.4, 0.5) is 0 Å². The maximum atomic E-state index is 10.9. The number of hydrogen-bond acceptors (Lipinski definition) is 4. The number of phenols is 1. The Bertz CT molecular complexity index is 591. The summed E-state index contributed by atoms with van der Waals surface area (Å²) in [6.07, 6.45) is -0.768. The van der Waals surface area contributed by atoms with Gasteiger partial charge in [0.05, 0.1) is 11.6 Å². The summed E-state index contributed by atoms with van der Waals surface area (Å²) in [7, 11) is 1.71. The number of carbonyl (C=O) groups is 1. The second-order valence-electron chi connectivity index (χ2n) is 4.02. The van der Waals surface area contributed by atoms with E-state index in [1.54, 1.807) is 13.1 Å². The Morgan fingerprint density at radius 2 is 2.22 bits per heavy atom. The maximum absolute atomic E-state index is 10.9. The van der Waals surface area contributed by atoms with Gasteiger partial charge in [-0.1, -0.05) is 6.07 Å². The van der Waals surface area contributed by atoms with Crippen LogP contribution in [0.15, 0.2) is 18.2 Å². The number of rotatable bonds is 4. The van der Waals surface area contributed by atoms with E-state index in [0.717, 1.165) is 0 Å². The summed E-state index contributed by atoms with van der Waals surface area (Å²) in [6, 6.07) is 4.42.